The molecule has 0 fully saturated rings. The molecule has 0 aromatic heterocycles. The van der Waals surface area contributed by atoms with Gasteiger partial charge in [0.2, 0.25) is 0 Å². The zero-order valence-electron chi connectivity index (χ0n) is 6.92. The summed E-state index contributed by atoms with van der Waals surface area (Å²) in [6, 6.07) is 0. The topological polar surface area (TPSA) is 49.3 Å². The van der Waals surface area contributed by atoms with Crippen LogP contribution < -0.4 is 5.32 Å². The first-order chi connectivity index (χ1) is 5.00. The van der Waals surface area contributed by atoms with E-state index < -0.39 is 11.5 Å². The van der Waals surface area contributed by atoms with E-state index in [1.54, 1.807) is 13.8 Å². The van der Waals surface area contributed by atoms with E-state index in [0.29, 0.717) is 6.54 Å². The van der Waals surface area contributed by atoms with Crippen molar-refractivity contribution >= 4 is 18.6 Å². The number of thiol groups is 1. The number of carboxylic acids is 1. The molecular formula is C7H15NO2S. The minimum absolute atomic E-state index is 0.697. The lowest BCUT2D eigenvalue weighted by molar-refractivity contribution is -0.143. The first kappa shape index (κ1) is 10.8. The Hall–Kier alpha value is -0.220. The molecule has 0 aliphatic rings. The Kier molecular flexibility index (Phi) is 4.52. The van der Waals surface area contributed by atoms with Crippen LogP contribution in [-0.4, -0.2) is 28.9 Å². The van der Waals surface area contributed by atoms with E-state index in [9.17, 15) is 4.79 Å². The third-order valence-corrected chi connectivity index (χ3v) is 1.75. The van der Waals surface area contributed by atoms with Gasteiger partial charge in [-0.25, -0.2) is 0 Å². The van der Waals surface area contributed by atoms with Gasteiger partial charge in [-0.2, -0.15) is 12.6 Å². The van der Waals surface area contributed by atoms with Crippen molar-refractivity contribution in [3.8, 4) is 0 Å². The molecule has 0 bridgehead atoms. The number of hydrogen-bond donors (Lipinski definition) is 3. The highest BCUT2D eigenvalue weighted by Crippen LogP contribution is 2.01. The SMILES string of the molecule is CC(C)(NCCCS)C(=O)O. The summed E-state index contributed by atoms with van der Waals surface area (Å²) in [7, 11) is 0. The smallest absolute Gasteiger partial charge is 0.323 e. The molecule has 4 heteroatoms. The van der Waals surface area contributed by atoms with E-state index in [4.69, 9.17) is 5.11 Å². The third-order valence-electron chi connectivity index (χ3n) is 1.44. The monoisotopic (exact) mass is 177 g/mol. The predicted molar refractivity (Wildman–Crippen MR) is 48.2 cm³/mol. The van der Waals surface area contributed by atoms with E-state index in [0.717, 1.165) is 12.2 Å². The Morgan fingerprint density at radius 1 is 1.64 bits per heavy atom. The zero-order valence-corrected chi connectivity index (χ0v) is 7.82. The van der Waals surface area contributed by atoms with Gasteiger partial charge in [-0.1, -0.05) is 0 Å². The normalized spacial score (nSPS) is 11.5. The average Bonchev–Trinajstić information content (AvgIpc) is 1.88. The number of carboxylic acid groups (broad SMARTS) is 1. The molecule has 0 aromatic rings. The number of aliphatic carboxylic acids is 1. The van der Waals surface area contributed by atoms with Gasteiger partial charge in [-0.3, -0.25) is 4.79 Å². The molecule has 0 amide bonds. The van der Waals surface area contributed by atoms with Crippen molar-refractivity contribution in [2.45, 2.75) is 25.8 Å². The van der Waals surface area contributed by atoms with Crippen LogP contribution in [0.5, 0.6) is 0 Å². The van der Waals surface area contributed by atoms with Gasteiger partial charge in [0.1, 0.15) is 5.54 Å². The van der Waals surface area contributed by atoms with Gasteiger partial charge in [0.25, 0.3) is 0 Å². The summed E-state index contributed by atoms with van der Waals surface area (Å²) in [5, 5.41) is 11.6. The quantitative estimate of drug-likeness (QED) is 0.429. The van der Waals surface area contributed by atoms with Crippen LogP contribution >= 0.6 is 12.6 Å². The summed E-state index contributed by atoms with van der Waals surface area (Å²) < 4.78 is 0. The van der Waals surface area contributed by atoms with Crippen molar-refractivity contribution in [3.05, 3.63) is 0 Å². The van der Waals surface area contributed by atoms with Gasteiger partial charge in [-0.05, 0) is 32.6 Å². The Balaban J connectivity index is 3.64. The summed E-state index contributed by atoms with van der Waals surface area (Å²) in [5.74, 6) is -0.0421. The van der Waals surface area contributed by atoms with Crippen molar-refractivity contribution < 1.29 is 9.90 Å². The van der Waals surface area contributed by atoms with Crippen molar-refractivity contribution in [3.63, 3.8) is 0 Å². The molecule has 0 unspecified atom stereocenters. The van der Waals surface area contributed by atoms with Crippen LogP contribution in [0.15, 0.2) is 0 Å². The number of hydrogen-bond acceptors (Lipinski definition) is 3. The minimum Gasteiger partial charge on any atom is -0.480 e. The molecule has 66 valence electrons. The maximum atomic E-state index is 10.5. The van der Waals surface area contributed by atoms with Crippen LogP contribution in [-0.2, 0) is 4.79 Å². The maximum absolute atomic E-state index is 10.5. The molecule has 0 atom stereocenters. The van der Waals surface area contributed by atoms with Crippen molar-refractivity contribution in [2.75, 3.05) is 12.3 Å². The summed E-state index contributed by atoms with van der Waals surface area (Å²) >= 11 is 4.01. The number of carbonyl (C=O) groups is 1. The van der Waals surface area contributed by atoms with Crippen LogP contribution in [0, 0.1) is 0 Å². The molecule has 0 spiro atoms. The van der Waals surface area contributed by atoms with Gasteiger partial charge in [0.05, 0.1) is 0 Å². The van der Waals surface area contributed by atoms with Crippen molar-refractivity contribution in [1.82, 2.24) is 5.32 Å². The predicted octanol–water partition coefficient (Wildman–Crippen LogP) is 0.759. The summed E-state index contributed by atoms with van der Waals surface area (Å²) in [5.41, 5.74) is -0.817. The molecular weight excluding hydrogens is 162 g/mol. The molecule has 0 radical (unpaired) electrons. The largest absolute Gasteiger partial charge is 0.480 e. The third kappa shape index (κ3) is 4.27. The van der Waals surface area contributed by atoms with Crippen LogP contribution in [0.25, 0.3) is 0 Å². The van der Waals surface area contributed by atoms with E-state index in [-0.39, 0.29) is 0 Å². The Bertz CT molecular complexity index is 136. The molecule has 0 aromatic carbocycles. The molecule has 0 aliphatic heterocycles. The molecule has 0 saturated heterocycles. The lowest BCUT2D eigenvalue weighted by Gasteiger charge is -2.20. The number of rotatable bonds is 5. The van der Waals surface area contributed by atoms with Crippen LogP contribution in [0.4, 0.5) is 0 Å². The second kappa shape index (κ2) is 4.62. The molecule has 2 N–H and O–H groups in total. The minimum atomic E-state index is -0.823. The van der Waals surface area contributed by atoms with Crippen molar-refractivity contribution in [1.29, 1.82) is 0 Å². The van der Waals surface area contributed by atoms with Gasteiger partial charge < -0.3 is 10.4 Å². The zero-order chi connectivity index (χ0) is 8.91. The van der Waals surface area contributed by atoms with Gasteiger partial charge in [-0.15, -0.1) is 0 Å². The van der Waals surface area contributed by atoms with Crippen LogP contribution in [0.3, 0.4) is 0 Å². The Morgan fingerprint density at radius 3 is 2.55 bits per heavy atom. The summed E-state index contributed by atoms with van der Waals surface area (Å²) in [6.45, 7) is 3.99. The first-order valence-corrected chi connectivity index (χ1v) is 4.23. The van der Waals surface area contributed by atoms with E-state index in [1.807, 2.05) is 0 Å². The van der Waals surface area contributed by atoms with Crippen molar-refractivity contribution in [2.24, 2.45) is 0 Å². The van der Waals surface area contributed by atoms with E-state index in [2.05, 4.69) is 17.9 Å². The lowest BCUT2D eigenvalue weighted by Crippen LogP contribution is -2.47. The fourth-order valence-corrected chi connectivity index (χ4v) is 0.714. The van der Waals surface area contributed by atoms with Crippen LogP contribution in [0.1, 0.15) is 20.3 Å². The summed E-state index contributed by atoms with van der Waals surface area (Å²) in [4.78, 5) is 10.5. The Labute approximate surface area is 72.6 Å². The maximum Gasteiger partial charge on any atom is 0.323 e. The highest BCUT2D eigenvalue weighted by Gasteiger charge is 2.25. The molecule has 0 heterocycles. The molecule has 11 heavy (non-hydrogen) atoms. The lowest BCUT2D eigenvalue weighted by atomic mass is 10.1. The highest BCUT2D eigenvalue weighted by atomic mass is 32.1. The molecule has 0 rings (SSSR count). The first-order valence-electron chi connectivity index (χ1n) is 3.60. The standard InChI is InChI=1S/C7H15NO2S/c1-7(2,6(9)10)8-4-3-5-11/h8,11H,3-5H2,1-2H3,(H,9,10). The summed E-state index contributed by atoms with van der Waals surface area (Å²) in [6.07, 6.45) is 0.889. The van der Waals surface area contributed by atoms with E-state index in [1.165, 1.54) is 0 Å². The second-order valence-corrected chi connectivity index (χ2v) is 3.38. The average molecular weight is 177 g/mol. The highest BCUT2D eigenvalue weighted by molar-refractivity contribution is 7.80. The van der Waals surface area contributed by atoms with Gasteiger partial charge in [0.15, 0.2) is 0 Å². The van der Waals surface area contributed by atoms with E-state index >= 15 is 0 Å². The van der Waals surface area contributed by atoms with Crippen LogP contribution in [0.2, 0.25) is 0 Å². The number of nitrogens with one attached hydrogen (secondary N) is 1. The molecule has 0 saturated carbocycles. The van der Waals surface area contributed by atoms with Gasteiger partial charge in [0, 0.05) is 0 Å². The Morgan fingerprint density at radius 2 is 2.18 bits per heavy atom. The molecule has 3 nitrogen and oxygen atoms in total. The fraction of sp³-hybridized carbons (Fsp3) is 0.857. The second-order valence-electron chi connectivity index (χ2n) is 2.93. The molecule has 0 aliphatic carbocycles. The van der Waals surface area contributed by atoms with Gasteiger partial charge >= 0.3 is 5.97 Å². The fourth-order valence-electron chi connectivity index (χ4n) is 0.556.